The minimum absolute atomic E-state index is 0.315. The summed E-state index contributed by atoms with van der Waals surface area (Å²) in [6, 6.07) is 1.96. The van der Waals surface area contributed by atoms with Gasteiger partial charge in [0, 0.05) is 38.0 Å². The van der Waals surface area contributed by atoms with Crippen LogP contribution in [0.3, 0.4) is 0 Å². The van der Waals surface area contributed by atoms with E-state index in [2.05, 4.69) is 25.5 Å². The summed E-state index contributed by atoms with van der Waals surface area (Å²) >= 11 is 0. The van der Waals surface area contributed by atoms with E-state index in [9.17, 15) is 0 Å². The van der Waals surface area contributed by atoms with E-state index in [1.807, 2.05) is 27.1 Å². The Bertz CT molecular complexity index is 418. The topological polar surface area (TPSA) is 62.3 Å². The van der Waals surface area contributed by atoms with Crippen LogP contribution in [0.5, 0.6) is 0 Å². The standard InChI is InChI=1S/C14H25N5O/c1-11-9-13(16-10-12-5-4-8-20-12)18-14(17-11)15-6-7-19(2)3/h9,12H,4-8,10H2,1-3H3,(H2,15,16,17,18). The van der Waals surface area contributed by atoms with E-state index in [1.165, 1.54) is 0 Å². The number of nitrogens with zero attached hydrogens (tertiary/aromatic N) is 3. The van der Waals surface area contributed by atoms with Crippen molar-refractivity contribution in [2.24, 2.45) is 0 Å². The summed E-state index contributed by atoms with van der Waals surface area (Å²) < 4.78 is 5.60. The van der Waals surface area contributed by atoms with Gasteiger partial charge in [0.2, 0.25) is 5.95 Å². The van der Waals surface area contributed by atoms with Crippen molar-refractivity contribution in [3.63, 3.8) is 0 Å². The summed E-state index contributed by atoms with van der Waals surface area (Å²) in [6.45, 7) is 5.47. The van der Waals surface area contributed by atoms with Gasteiger partial charge in [0.1, 0.15) is 5.82 Å². The van der Waals surface area contributed by atoms with Crippen LogP contribution in [0.2, 0.25) is 0 Å². The number of hydrogen-bond acceptors (Lipinski definition) is 6. The predicted octanol–water partition coefficient (Wildman–Crippen LogP) is 1.35. The van der Waals surface area contributed by atoms with E-state index in [-0.39, 0.29) is 0 Å². The molecule has 0 amide bonds. The molecule has 0 radical (unpaired) electrons. The summed E-state index contributed by atoms with van der Waals surface area (Å²) in [4.78, 5) is 11.0. The third kappa shape index (κ3) is 4.94. The molecule has 1 aliphatic rings. The van der Waals surface area contributed by atoms with E-state index in [0.717, 1.165) is 50.6 Å². The maximum Gasteiger partial charge on any atom is 0.224 e. The Morgan fingerprint density at radius 3 is 2.90 bits per heavy atom. The van der Waals surface area contributed by atoms with Crippen LogP contribution in [0.15, 0.2) is 6.07 Å². The predicted molar refractivity (Wildman–Crippen MR) is 81.3 cm³/mol. The lowest BCUT2D eigenvalue weighted by Crippen LogP contribution is -2.22. The van der Waals surface area contributed by atoms with E-state index >= 15 is 0 Å². The summed E-state index contributed by atoms with van der Waals surface area (Å²) in [7, 11) is 4.10. The number of rotatable bonds is 7. The Morgan fingerprint density at radius 1 is 1.35 bits per heavy atom. The molecule has 0 bridgehead atoms. The van der Waals surface area contributed by atoms with Crippen LogP contribution in [0.1, 0.15) is 18.5 Å². The number of likely N-dealkylation sites (N-methyl/N-ethyl adjacent to an activating group) is 1. The third-order valence-corrected chi connectivity index (χ3v) is 3.23. The Hall–Kier alpha value is -1.40. The number of hydrogen-bond donors (Lipinski definition) is 2. The minimum Gasteiger partial charge on any atom is -0.376 e. The number of anilines is 2. The van der Waals surface area contributed by atoms with E-state index in [4.69, 9.17) is 4.74 Å². The lowest BCUT2D eigenvalue weighted by Gasteiger charge is -2.14. The highest BCUT2D eigenvalue weighted by molar-refractivity contribution is 5.42. The normalized spacial score (nSPS) is 18.5. The average molecular weight is 279 g/mol. The molecule has 0 saturated carbocycles. The van der Waals surface area contributed by atoms with Crippen molar-refractivity contribution in [1.29, 1.82) is 0 Å². The highest BCUT2D eigenvalue weighted by Gasteiger charge is 2.15. The first kappa shape index (κ1) is 15.0. The van der Waals surface area contributed by atoms with Gasteiger partial charge in [0.05, 0.1) is 6.10 Å². The van der Waals surface area contributed by atoms with Crippen LogP contribution in [0, 0.1) is 6.92 Å². The van der Waals surface area contributed by atoms with Crippen molar-refractivity contribution in [3.05, 3.63) is 11.8 Å². The Morgan fingerprint density at radius 2 is 2.20 bits per heavy atom. The maximum atomic E-state index is 5.60. The first-order valence-electron chi connectivity index (χ1n) is 7.23. The molecule has 0 spiro atoms. The molecule has 20 heavy (non-hydrogen) atoms. The molecule has 1 saturated heterocycles. The third-order valence-electron chi connectivity index (χ3n) is 3.23. The molecule has 1 aromatic heterocycles. The Balaban J connectivity index is 1.86. The first-order valence-corrected chi connectivity index (χ1v) is 7.23. The van der Waals surface area contributed by atoms with Crippen molar-refractivity contribution >= 4 is 11.8 Å². The van der Waals surface area contributed by atoms with Gasteiger partial charge in [0.15, 0.2) is 0 Å². The highest BCUT2D eigenvalue weighted by Crippen LogP contribution is 2.14. The van der Waals surface area contributed by atoms with Crippen LogP contribution in [0.4, 0.5) is 11.8 Å². The molecule has 1 atom stereocenters. The zero-order valence-corrected chi connectivity index (χ0v) is 12.6. The van der Waals surface area contributed by atoms with Gasteiger partial charge in [-0.2, -0.15) is 4.98 Å². The Kier molecular flexibility index (Phi) is 5.55. The van der Waals surface area contributed by atoms with Crippen molar-refractivity contribution < 1.29 is 4.74 Å². The zero-order chi connectivity index (χ0) is 14.4. The number of nitrogens with one attached hydrogen (secondary N) is 2. The van der Waals surface area contributed by atoms with E-state index in [1.54, 1.807) is 0 Å². The fourth-order valence-corrected chi connectivity index (χ4v) is 2.15. The highest BCUT2D eigenvalue weighted by atomic mass is 16.5. The molecule has 2 N–H and O–H groups in total. The molecular weight excluding hydrogens is 254 g/mol. The van der Waals surface area contributed by atoms with Crippen LogP contribution >= 0.6 is 0 Å². The van der Waals surface area contributed by atoms with Crippen molar-refractivity contribution in [2.75, 3.05) is 51.0 Å². The molecule has 0 aliphatic carbocycles. The first-order chi connectivity index (χ1) is 9.63. The van der Waals surface area contributed by atoms with Gasteiger partial charge >= 0.3 is 0 Å². The smallest absolute Gasteiger partial charge is 0.224 e. The van der Waals surface area contributed by atoms with Gasteiger partial charge in [-0.25, -0.2) is 4.98 Å². The van der Waals surface area contributed by atoms with Crippen molar-refractivity contribution in [2.45, 2.75) is 25.9 Å². The quantitative estimate of drug-likeness (QED) is 0.785. The Labute approximate surface area is 120 Å². The van der Waals surface area contributed by atoms with Gasteiger partial charge in [-0.3, -0.25) is 0 Å². The average Bonchev–Trinajstić information content (AvgIpc) is 2.88. The number of aryl methyl sites for hydroxylation is 1. The molecule has 1 aliphatic heterocycles. The van der Waals surface area contributed by atoms with E-state index < -0.39 is 0 Å². The molecular formula is C14H25N5O. The molecule has 112 valence electrons. The summed E-state index contributed by atoms with van der Waals surface area (Å²) in [5.74, 6) is 1.54. The lowest BCUT2D eigenvalue weighted by atomic mass is 10.2. The summed E-state index contributed by atoms with van der Waals surface area (Å²) in [6.07, 6.45) is 2.60. The molecule has 6 nitrogen and oxygen atoms in total. The minimum atomic E-state index is 0.315. The fourth-order valence-electron chi connectivity index (χ4n) is 2.15. The molecule has 2 heterocycles. The van der Waals surface area contributed by atoms with E-state index in [0.29, 0.717) is 12.1 Å². The number of ether oxygens (including phenoxy) is 1. The van der Waals surface area contributed by atoms with Crippen LogP contribution in [-0.2, 0) is 4.74 Å². The van der Waals surface area contributed by atoms with Crippen molar-refractivity contribution in [1.82, 2.24) is 14.9 Å². The summed E-state index contributed by atoms with van der Waals surface area (Å²) in [5.41, 5.74) is 0.960. The largest absolute Gasteiger partial charge is 0.376 e. The van der Waals surface area contributed by atoms with Gasteiger partial charge in [-0.15, -0.1) is 0 Å². The monoisotopic (exact) mass is 279 g/mol. The second-order valence-corrected chi connectivity index (χ2v) is 5.46. The molecule has 6 heteroatoms. The zero-order valence-electron chi connectivity index (χ0n) is 12.6. The van der Waals surface area contributed by atoms with Crippen LogP contribution in [0.25, 0.3) is 0 Å². The second kappa shape index (κ2) is 7.40. The molecule has 1 fully saturated rings. The van der Waals surface area contributed by atoms with Crippen LogP contribution in [-0.4, -0.2) is 61.3 Å². The number of aromatic nitrogens is 2. The van der Waals surface area contributed by atoms with Crippen molar-refractivity contribution in [3.8, 4) is 0 Å². The lowest BCUT2D eigenvalue weighted by molar-refractivity contribution is 0.120. The van der Waals surface area contributed by atoms with Gasteiger partial charge < -0.3 is 20.3 Å². The van der Waals surface area contributed by atoms with Crippen LogP contribution < -0.4 is 10.6 Å². The van der Waals surface area contributed by atoms with Gasteiger partial charge in [-0.05, 0) is 33.9 Å². The summed E-state index contributed by atoms with van der Waals surface area (Å²) in [5, 5.41) is 6.59. The SMILES string of the molecule is Cc1cc(NCC2CCCO2)nc(NCCN(C)C)n1. The molecule has 2 rings (SSSR count). The molecule has 1 unspecified atom stereocenters. The van der Waals surface area contributed by atoms with Gasteiger partial charge in [0.25, 0.3) is 0 Å². The fraction of sp³-hybridized carbons (Fsp3) is 0.714. The molecule has 1 aromatic rings. The van der Waals surface area contributed by atoms with Gasteiger partial charge in [-0.1, -0.05) is 0 Å². The molecule has 0 aromatic carbocycles. The maximum absolute atomic E-state index is 5.60. The second-order valence-electron chi connectivity index (χ2n) is 5.46.